The van der Waals surface area contributed by atoms with Crippen molar-refractivity contribution in [2.24, 2.45) is 5.73 Å². The third-order valence-electron chi connectivity index (χ3n) is 1.29. The van der Waals surface area contributed by atoms with Crippen molar-refractivity contribution in [2.75, 3.05) is 6.26 Å². The van der Waals surface area contributed by atoms with Crippen LogP contribution in [-0.4, -0.2) is 6.26 Å². The van der Waals surface area contributed by atoms with Crippen LogP contribution in [0.3, 0.4) is 0 Å². The van der Waals surface area contributed by atoms with Gasteiger partial charge in [0.25, 0.3) is 0 Å². The van der Waals surface area contributed by atoms with Gasteiger partial charge in [-0.25, -0.2) is 0 Å². The van der Waals surface area contributed by atoms with E-state index in [0.29, 0.717) is 6.54 Å². The Kier molecular flexibility index (Phi) is 2.78. The van der Waals surface area contributed by atoms with Crippen LogP contribution >= 0.6 is 11.8 Å². The number of hydrogen-bond acceptors (Lipinski definition) is 2. The van der Waals surface area contributed by atoms with Crippen molar-refractivity contribution in [1.82, 2.24) is 0 Å². The fraction of sp³-hybridized carbons (Fsp3) is 0.250. The van der Waals surface area contributed by atoms with Crippen molar-refractivity contribution in [1.29, 1.82) is 0 Å². The minimum atomic E-state index is 0.578. The van der Waals surface area contributed by atoms with Gasteiger partial charge in [-0.15, -0.1) is 11.8 Å². The molecule has 1 nitrogen and oxygen atoms in total. The van der Waals surface area contributed by atoms with E-state index in [9.17, 15) is 0 Å². The number of rotatable bonds is 2. The van der Waals surface area contributed by atoms with Crippen molar-refractivity contribution in [3.05, 3.63) is 29.8 Å². The molecule has 0 spiro atoms. The third-order valence-corrected chi connectivity index (χ3v) is 2.01. The Morgan fingerprint density at radius 1 is 1.70 bits per heavy atom. The third kappa shape index (κ3) is 1.75. The van der Waals surface area contributed by atoms with Gasteiger partial charge >= 0.3 is 0 Å². The van der Waals surface area contributed by atoms with Gasteiger partial charge in [-0.1, -0.05) is 6.07 Å². The zero-order valence-electron chi connectivity index (χ0n) is 5.92. The van der Waals surface area contributed by atoms with E-state index in [1.54, 1.807) is 11.8 Å². The molecule has 1 aromatic rings. The van der Waals surface area contributed by atoms with Crippen molar-refractivity contribution in [3.63, 3.8) is 0 Å². The van der Waals surface area contributed by atoms with Crippen LogP contribution in [0.4, 0.5) is 0 Å². The van der Waals surface area contributed by atoms with Crippen LogP contribution in [0.15, 0.2) is 23.1 Å². The summed E-state index contributed by atoms with van der Waals surface area (Å²) in [7, 11) is 0. The molecule has 0 atom stereocenters. The number of benzene rings is 1. The monoisotopic (exact) mass is 152 g/mol. The standard InChI is InChI=1S/C8H10NS/c1-10-8-4-2-3-7(5-8)6-9/h2,4-5H,6,9H2,1H3. The van der Waals surface area contributed by atoms with E-state index in [1.165, 1.54) is 4.90 Å². The highest BCUT2D eigenvalue weighted by molar-refractivity contribution is 7.98. The average Bonchev–Trinajstić information content (AvgIpc) is 2.05. The van der Waals surface area contributed by atoms with Crippen molar-refractivity contribution in [3.8, 4) is 0 Å². The molecule has 0 heterocycles. The maximum atomic E-state index is 5.43. The molecule has 0 aromatic heterocycles. The van der Waals surface area contributed by atoms with E-state index in [4.69, 9.17) is 5.73 Å². The van der Waals surface area contributed by atoms with Gasteiger partial charge in [0.2, 0.25) is 0 Å². The molecule has 53 valence electrons. The Bertz CT molecular complexity index is 191. The van der Waals surface area contributed by atoms with Gasteiger partial charge in [0.1, 0.15) is 0 Å². The molecule has 2 N–H and O–H groups in total. The molecule has 10 heavy (non-hydrogen) atoms. The lowest BCUT2D eigenvalue weighted by Crippen LogP contribution is -1.95. The summed E-state index contributed by atoms with van der Waals surface area (Å²) in [5.74, 6) is 0. The Labute approximate surface area is 65.6 Å². The maximum Gasteiger partial charge on any atom is 0.0184 e. The number of nitrogens with two attached hydrogens (primary N) is 1. The molecule has 0 saturated heterocycles. The zero-order chi connectivity index (χ0) is 7.40. The van der Waals surface area contributed by atoms with Crippen LogP contribution in [0.2, 0.25) is 0 Å². The van der Waals surface area contributed by atoms with E-state index < -0.39 is 0 Å². The van der Waals surface area contributed by atoms with Crippen LogP contribution in [0.5, 0.6) is 0 Å². The summed E-state index contributed by atoms with van der Waals surface area (Å²) in [6, 6.07) is 9.06. The van der Waals surface area contributed by atoms with Gasteiger partial charge in [0.15, 0.2) is 0 Å². The molecule has 0 amide bonds. The topological polar surface area (TPSA) is 26.0 Å². The van der Waals surface area contributed by atoms with Crippen molar-refractivity contribution in [2.45, 2.75) is 11.4 Å². The molecule has 0 aliphatic rings. The summed E-state index contributed by atoms with van der Waals surface area (Å²) < 4.78 is 0. The Morgan fingerprint density at radius 3 is 3.10 bits per heavy atom. The first-order valence-corrected chi connectivity index (χ1v) is 4.34. The van der Waals surface area contributed by atoms with Gasteiger partial charge in [-0.05, 0) is 30.0 Å². The molecule has 0 saturated carbocycles. The minimum Gasteiger partial charge on any atom is -0.326 e. The minimum absolute atomic E-state index is 0.578. The smallest absolute Gasteiger partial charge is 0.0184 e. The van der Waals surface area contributed by atoms with E-state index >= 15 is 0 Å². The van der Waals surface area contributed by atoms with E-state index in [-0.39, 0.29) is 0 Å². The molecule has 1 aromatic carbocycles. The summed E-state index contributed by atoms with van der Waals surface area (Å²) in [6.45, 7) is 0.578. The molecule has 1 rings (SSSR count). The molecule has 0 fully saturated rings. The lowest BCUT2D eigenvalue weighted by Gasteiger charge is -1.97. The fourth-order valence-corrected chi connectivity index (χ4v) is 1.20. The number of thioether (sulfide) groups is 1. The first-order chi connectivity index (χ1) is 4.86. The summed E-state index contributed by atoms with van der Waals surface area (Å²) in [5, 5.41) is 0. The van der Waals surface area contributed by atoms with Crippen LogP contribution < -0.4 is 5.73 Å². The van der Waals surface area contributed by atoms with Crippen molar-refractivity contribution < 1.29 is 0 Å². The van der Waals surface area contributed by atoms with Gasteiger partial charge in [-0.3, -0.25) is 0 Å². The van der Waals surface area contributed by atoms with Gasteiger partial charge in [-0.2, -0.15) is 0 Å². The van der Waals surface area contributed by atoms with Gasteiger partial charge in [0.05, 0.1) is 0 Å². The largest absolute Gasteiger partial charge is 0.326 e. The molecule has 1 radical (unpaired) electrons. The van der Waals surface area contributed by atoms with E-state index in [0.717, 1.165) is 5.56 Å². The summed E-state index contributed by atoms with van der Waals surface area (Å²) >= 11 is 1.72. The highest BCUT2D eigenvalue weighted by atomic mass is 32.2. The molecule has 2 heteroatoms. The van der Waals surface area contributed by atoms with Crippen LogP contribution in [-0.2, 0) is 6.54 Å². The second kappa shape index (κ2) is 3.64. The lowest BCUT2D eigenvalue weighted by atomic mass is 10.2. The van der Waals surface area contributed by atoms with Gasteiger partial charge < -0.3 is 5.73 Å². The summed E-state index contributed by atoms with van der Waals surface area (Å²) in [6.07, 6.45) is 2.05. The second-order valence-electron chi connectivity index (χ2n) is 1.96. The highest BCUT2D eigenvalue weighted by Gasteiger charge is 1.90. The second-order valence-corrected chi connectivity index (χ2v) is 2.84. The zero-order valence-corrected chi connectivity index (χ0v) is 6.74. The van der Waals surface area contributed by atoms with Gasteiger partial charge in [0, 0.05) is 11.4 Å². The van der Waals surface area contributed by atoms with Crippen molar-refractivity contribution >= 4 is 11.8 Å². The van der Waals surface area contributed by atoms with Crippen LogP contribution in [0.25, 0.3) is 0 Å². The molecule has 0 aliphatic carbocycles. The molecule has 0 unspecified atom stereocenters. The lowest BCUT2D eigenvalue weighted by molar-refractivity contribution is 1.06. The highest BCUT2D eigenvalue weighted by Crippen LogP contribution is 2.14. The Balaban J connectivity index is 2.87. The summed E-state index contributed by atoms with van der Waals surface area (Å²) in [5.41, 5.74) is 6.51. The molecule has 0 aliphatic heterocycles. The van der Waals surface area contributed by atoms with Crippen LogP contribution in [0.1, 0.15) is 5.56 Å². The van der Waals surface area contributed by atoms with E-state index in [2.05, 4.69) is 18.4 Å². The van der Waals surface area contributed by atoms with E-state index in [1.807, 2.05) is 12.1 Å². The quantitative estimate of drug-likeness (QED) is 0.652. The first kappa shape index (κ1) is 7.63. The SMILES string of the molecule is CSc1cc[c]c(CN)c1. The maximum absolute atomic E-state index is 5.43. The molecular formula is C8H10NS. The Hall–Kier alpha value is -0.470. The first-order valence-electron chi connectivity index (χ1n) is 3.11. The normalized spacial score (nSPS) is 9.80. The number of hydrogen-bond donors (Lipinski definition) is 1. The summed E-state index contributed by atoms with van der Waals surface area (Å²) in [4.78, 5) is 1.25. The van der Waals surface area contributed by atoms with Crippen LogP contribution in [0, 0.1) is 6.07 Å². The Morgan fingerprint density at radius 2 is 2.50 bits per heavy atom. The molecule has 0 bridgehead atoms. The predicted octanol–water partition coefficient (Wildman–Crippen LogP) is 1.67. The fourth-order valence-electron chi connectivity index (χ4n) is 0.737. The molecular weight excluding hydrogens is 142 g/mol. The predicted molar refractivity (Wildman–Crippen MR) is 45.0 cm³/mol. The average molecular weight is 152 g/mol.